The lowest BCUT2D eigenvalue weighted by Crippen LogP contribution is -2.35. The van der Waals surface area contributed by atoms with Crippen molar-refractivity contribution in [3.8, 4) is 0 Å². The molecule has 0 N–H and O–H groups in total. The first-order valence-electron chi connectivity index (χ1n) is 6.86. The molecule has 0 atom stereocenters. The second-order valence-corrected chi connectivity index (χ2v) is 5.48. The summed E-state index contributed by atoms with van der Waals surface area (Å²) in [4.78, 5) is 16.7. The first kappa shape index (κ1) is 15.1. The van der Waals surface area contributed by atoms with Crippen molar-refractivity contribution in [2.45, 2.75) is 13.3 Å². The summed E-state index contributed by atoms with van der Waals surface area (Å²) in [6, 6.07) is 0. The fourth-order valence-corrected chi connectivity index (χ4v) is 2.65. The van der Waals surface area contributed by atoms with Crippen molar-refractivity contribution in [1.29, 1.82) is 0 Å². The Kier molecular flexibility index (Phi) is 4.83. The highest BCUT2D eigenvalue weighted by Crippen LogP contribution is 2.21. The molecule has 0 bridgehead atoms. The zero-order valence-electron chi connectivity index (χ0n) is 12.1. The fourth-order valence-electron chi connectivity index (χ4n) is 2.41. The van der Waals surface area contributed by atoms with Crippen LogP contribution in [0, 0.1) is 6.92 Å². The van der Waals surface area contributed by atoms with Gasteiger partial charge in [0.25, 0.3) is 5.91 Å². The lowest BCUT2D eigenvalue weighted by molar-refractivity contribution is 0.0755. The molecule has 2 heterocycles. The van der Waals surface area contributed by atoms with Crippen LogP contribution >= 0.6 is 11.6 Å². The van der Waals surface area contributed by atoms with E-state index in [1.165, 1.54) is 0 Å². The van der Waals surface area contributed by atoms with Crippen LogP contribution in [0.4, 0.5) is 0 Å². The zero-order chi connectivity index (χ0) is 14.7. The Balaban J connectivity index is 2.09. The van der Waals surface area contributed by atoms with Gasteiger partial charge >= 0.3 is 0 Å². The first-order valence-corrected chi connectivity index (χ1v) is 7.24. The zero-order valence-corrected chi connectivity index (χ0v) is 12.9. The van der Waals surface area contributed by atoms with E-state index in [1.807, 2.05) is 17.9 Å². The summed E-state index contributed by atoms with van der Waals surface area (Å²) in [5.41, 5.74) is 1.18. The number of amides is 1. The summed E-state index contributed by atoms with van der Waals surface area (Å²) < 4.78 is 1.65. The van der Waals surface area contributed by atoms with Gasteiger partial charge in [0.2, 0.25) is 0 Å². The van der Waals surface area contributed by atoms with Gasteiger partial charge in [-0.1, -0.05) is 17.7 Å². The minimum Gasteiger partial charge on any atom is -0.336 e. The van der Waals surface area contributed by atoms with Crippen LogP contribution in [-0.2, 0) is 7.05 Å². The van der Waals surface area contributed by atoms with Crippen LogP contribution < -0.4 is 0 Å². The number of carbonyl (C=O) groups excluding carboxylic acids is 1. The summed E-state index contributed by atoms with van der Waals surface area (Å²) in [6.07, 6.45) is 2.86. The number of halogens is 1. The van der Waals surface area contributed by atoms with Crippen molar-refractivity contribution in [2.75, 3.05) is 32.7 Å². The SMILES string of the molecule is C=CCN1CCCN(C(=O)c2nn(C)c(C)c2Cl)CC1. The molecule has 0 aliphatic carbocycles. The first-order chi connectivity index (χ1) is 9.54. The molecular weight excluding hydrogens is 276 g/mol. The number of carbonyl (C=O) groups is 1. The number of rotatable bonds is 3. The van der Waals surface area contributed by atoms with Crippen LogP contribution in [-0.4, -0.2) is 58.2 Å². The van der Waals surface area contributed by atoms with Gasteiger partial charge in [0.15, 0.2) is 5.69 Å². The smallest absolute Gasteiger partial charge is 0.275 e. The molecule has 1 aromatic heterocycles. The lowest BCUT2D eigenvalue weighted by Gasteiger charge is -2.20. The third-order valence-electron chi connectivity index (χ3n) is 3.73. The van der Waals surface area contributed by atoms with Gasteiger partial charge in [0.05, 0.1) is 10.7 Å². The molecule has 0 unspecified atom stereocenters. The maximum absolute atomic E-state index is 12.5. The maximum Gasteiger partial charge on any atom is 0.275 e. The van der Waals surface area contributed by atoms with E-state index in [-0.39, 0.29) is 5.91 Å². The van der Waals surface area contributed by atoms with Gasteiger partial charge in [-0.25, -0.2) is 0 Å². The Bertz CT molecular complexity index is 512. The molecule has 1 aliphatic heterocycles. The standard InChI is InChI=1S/C14H21ClN4O/c1-4-6-18-7-5-8-19(10-9-18)14(20)13-12(15)11(2)17(3)16-13/h4H,1,5-10H2,2-3H3. The second kappa shape index (κ2) is 6.41. The fraction of sp³-hybridized carbons (Fsp3) is 0.571. The summed E-state index contributed by atoms with van der Waals surface area (Å²) in [5, 5.41) is 4.70. The summed E-state index contributed by atoms with van der Waals surface area (Å²) in [7, 11) is 1.80. The maximum atomic E-state index is 12.5. The van der Waals surface area contributed by atoms with E-state index in [2.05, 4.69) is 16.6 Å². The molecule has 0 aromatic carbocycles. The highest BCUT2D eigenvalue weighted by Gasteiger charge is 2.25. The molecule has 0 saturated carbocycles. The van der Waals surface area contributed by atoms with Gasteiger partial charge in [0, 0.05) is 39.8 Å². The number of aryl methyl sites for hydroxylation is 1. The van der Waals surface area contributed by atoms with Crippen molar-refractivity contribution in [3.63, 3.8) is 0 Å². The molecule has 1 saturated heterocycles. The molecule has 6 heteroatoms. The molecule has 1 aromatic rings. The number of nitrogens with zero attached hydrogens (tertiary/aromatic N) is 4. The molecular formula is C14H21ClN4O. The van der Waals surface area contributed by atoms with E-state index in [9.17, 15) is 4.79 Å². The third kappa shape index (κ3) is 3.04. The second-order valence-electron chi connectivity index (χ2n) is 5.11. The number of hydrogen-bond donors (Lipinski definition) is 0. The van der Waals surface area contributed by atoms with E-state index in [4.69, 9.17) is 11.6 Å². The van der Waals surface area contributed by atoms with E-state index in [0.717, 1.165) is 38.3 Å². The topological polar surface area (TPSA) is 41.4 Å². The van der Waals surface area contributed by atoms with Crippen molar-refractivity contribution in [1.82, 2.24) is 19.6 Å². The average molecular weight is 297 g/mol. The molecule has 0 spiro atoms. The predicted octanol–water partition coefficient (Wildman–Crippen LogP) is 1.72. The summed E-state index contributed by atoms with van der Waals surface area (Å²) in [5.74, 6) is -0.0702. The van der Waals surface area contributed by atoms with Crippen molar-refractivity contribution in [2.24, 2.45) is 7.05 Å². The van der Waals surface area contributed by atoms with Crippen LogP contribution in [0.2, 0.25) is 5.02 Å². The lowest BCUT2D eigenvalue weighted by atomic mass is 10.3. The quantitative estimate of drug-likeness (QED) is 0.798. The third-order valence-corrected chi connectivity index (χ3v) is 4.18. The number of hydrogen-bond acceptors (Lipinski definition) is 3. The molecule has 1 amide bonds. The van der Waals surface area contributed by atoms with Gasteiger partial charge < -0.3 is 4.90 Å². The summed E-state index contributed by atoms with van der Waals surface area (Å²) in [6.45, 7) is 9.80. The van der Waals surface area contributed by atoms with Crippen LogP contribution in [0.3, 0.4) is 0 Å². The Hall–Kier alpha value is -1.33. The van der Waals surface area contributed by atoms with Gasteiger partial charge in [-0.15, -0.1) is 6.58 Å². The normalized spacial score (nSPS) is 17.1. The van der Waals surface area contributed by atoms with Gasteiger partial charge in [-0.2, -0.15) is 5.10 Å². The highest BCUT2D eigenvalue weighted by molar-refractivity contribution is 6.34. The van der Waals surface area contributed by atoms with Crippen molar-refractivity contribution >= 4 is 17.5 Å². The van der Waals surface area contributed by atoms with Crippen LogP contribution in [0.1, 0.15) is 22.6 Å². The van der Waals surface area contributed by atoms with Crippen molar-refractivity contribution < 1.29 is 4.79 Å². The van der Waals surface area contributed by atoms with E-state index in [1.54, 1.807) is 11.7 Å². The van der Waals surface area contributed by atoms with Gasteiger partial charge in [0.1, 0.15) is 0 Å². The molecule has 20 heavy (non-hydrogen) atoms. The highest BCUT2D eigenvalue weighted by atomic mass is 35.5. The summed E-state index contributed by atoms with van der Waals surface area (Å²) >= 11 is 6.19. The molecule has 1 aliphatic rings. The number of aromatic nitrogens is 2. The Morgan fingerprint density at radius 1 is 1.40 bits per heavy atom. The molecule has 5 nitrogen and oxygen atoms in total. The molecule has 1 fully saturated rings. The van der Waals surface area contributed by atoms with Crippen molar-refractivity contribution in [3.05, 3.63) is 29.1 Å². The van der Waals surface area contributed by atoms with E-state index in [0.29, 0.717) is 17.3 Å². The largest absolute Gasteiger partial charge is 0.336 e. The monoisotopic (exact) mass is 296 g/mol. The minimum absolute atomic E-state index is 0.0702. The van der Waals surface area contributed by atoms with Crippen LogP contribution in [0.15, 0.2) is 12.7 Å². The Labute approximate surface area is 124 Å². The molecule has 110 valence electrons. The average Bonchev–Trinajstić information content (AvgIpc) is 2.63. The van der Waals surface area contributed by atoms with Crippen LogP contribution in [0.25, 0.3) is 0 Å². The van der Waals surface area contributed by atoms with Gasteiger partial charge in [-0.05, 0) is 13.3 Å². The van der Waals surface area contributed by atoms with E-state index >= 15 is 0 Å². The Morgan fingerprint density at radius 2 is 2.15 bits per heavy atom. The van der Waals surface area contributed by atoms with E-state index < -0.39 is 0 Å². The molecule has 2 rings (SSSR count). The van der Waals surface area contributed by atoms with Gasteiger partial charge in [-0.3, -0.25) is 14.4 Å². The molecule has 0 radical (unpaired) electrons. The Morgan fingerprint density at radius 3 is 2.75 bits per heavy atom. The predicted molar refractivity (Wildman–Crippen MR) is 80.1 cm³/mol. The minimum atomic E-state index is -0.0702. The van der Waals surface area contributed by atoms with Crippen LogP contribution in [0.5, 0.6) is 0 Å².